The minimum Gasteiger partial charge on any atom is -0.345 e. The van der Waals surface area contributed by atoms with Crippen LogP contribution in [0.1, 0.15) is 5.56 Å². The number of amides is 2. The number of carbonyl (C=O) groups excluding carboxylic acids is 2. The second kappa shape index (κ2) is 6.40. The largest absolute Gasteiger partial charge is 0.405 e. The van der Waals surface area contributed by atoms with Gasteiger partial charge < -0.3 is 19.7 Å². The first-order chi connectivity index (χ1) is 11.3. The van der Waals surface area contributed by atoms with Crippen LogP contribution in [0.25, 0.3) is 0 Å². The van der Waals surface area contributed by atoms with E-state index < -0.39 is 43.0 Å². The number of hydrogen-bond acceptors (Lipinski definition) is 4. The highest BCUT2D eigenvalue weighted by atomic mass is 19.4. The molecule has 130 valence electrons. The van der Waals surface area contributed by atoms with Crippen molar-refractivity contribution in [1.29, 1.82) is 0 Å². The van der Waals surface area contributed by atoms with Crippen molar-refractivity contribution in [3.05, 3.63) is 35.9 Å². The zero-order valence-electron chi connectivity index (χ0n) is 12.5. The Hall–Kier alpha value is -2.13. The number of halogens is 3. The third kappa shape index (κ3) is 3.68. The zero-order chi connectivity index (χ0) is 17.3. The van der Waals surface area contributed by atoms with E-state index in [9.17, 15) is 22.8 Å². The molecule has 24 heavy (non-hydrogen) atoms. The molecule has 0 unspecified atom stereocenters. The average Bonchev–Trinajstić information content (AvgIpc) is 2.90. The molecule has 2 aliphatic rings. The van der Waals surface area contributed by atoms with Crippen LogP contribution in [0.4, 0.5) is 13.2 Å². The Morgan fingerprint density at radius 2 is 1.96 bits per heavy atom. The van der Waals surface area contributed by atoms with Gasteiger partial charge in [-0.15, -0.1) is 0 Å². The molecular weight excluding hydrogens is 329 g/mol. The van der Waals surface area contributed by atoms with Crippen molar-refractivity contribution in [3.63, 3.8) is 0 Å². The van der Waals surface area contributed by atoms with Crippen molar-refractivity contribution in [2.45, 2.75) is 31.2 Å². The quantitative estimate of drug-likeness (QED) is 0.878. The van der Waals surface area contributed by atoms with E-state index in [0.29, 0.717) is 6.54 Å². The number of alkyl halides is 3. The topological polar surface area (TPSA) is 67.9 Å². The van der Waals surface area contributed by atoms with E-state index in [4.69, 9.17) is 9.47 Å². The van der Waals surface area contributed by atoms with Crippen molar-refractivity contribution in [2.24, 2.45) is 0 Å². The van der Waals surface area contributed by atoms with E-state index in [0.717, 1.165) is 5.56 Å². The van der Waals surface area contributed by atoms with E-state index >= 15 is 0 Å². The third-order valence-corrected chi connectivity index (χ3v) is 3.73. The number of morpholine rings is 1. The number of ether oxygens (including phenoxy) is 2. The van der Waals surface area contributed by atoms with E-state index in [-0.39, 0.29) is 6.54 Å². The smallest absolute Gasteiger partial charge is 0.345 e. The first-order valence-corrected chi connectivity index (χ1v) is 7.31. The summed E-state index contributed by atoms with van der Waals surface area (Å²) in [6.07, 6.45) is -7.95. The third-order valence-electron chi connectivity index (χ3n) is 3.73. The fourth-order valence-corrected chi connectivity index (χ4v) is 2.66. The lowest BCUT2D eigenvalue weighted by molar-refractivity contribution is -0.162. The number of fused-ring (bicyclic) bond motifs is 2. The molecule has 2 bridgehead atoms. The molecule has 9 heteroatoms. The molecule has 2 amide bonds. The summed E-state index contributed by atoms with van der Waals surface area (Å²) < 4.78 is 47.1. The van der Waals surface area contributed by atoms with Crippen LogP contribution in [0.5, 0.6) is 0 Å². The van der Waals surface area contributed by atoms with Gasteiger partial charge in [-0.3, -0.25) is 9.59 Å². The summed E-state index contributed by atoms with van der Waals surface area (Å²) in [7, 11) is 0. The van der Waals surface area contributed by atoms with Crippen molar-refractivity contribution in [2.75, 3.05) is 13.1 Å². The van der Waals surface area contributed by atoms with E-state index in [1.54, 1.807) is 5.32 Å². The highest BCUT2D eigenvalue weighted by Crippen LogP contribution is 2.28. The van der Waals surface area contributed by atoms with Gasteiger partial charge >= 0.3 is 6.18 Å². The Morgan fingerprint density at radius 1 is 1.25 bits per heavy atom. The Kier molecular flexibility index (Phi) is 4.46. The molecule has 0 radical (unpaired) electrons. The van der Waals surface area contributed by atoms with Crippen molar-refractivity contribution < 1.29 is 32.2 Å². The summed E-state index contributed by atoms with van der Waals surface area (Å²) in [6.45, 7) is -1.05. The first-order valence-electron chi connectivity index (χ1n) is 7.31. The van der Waals surface area contributed by atoms with Gasteiger partial charge in [-0.1, -0.05) is 30.3 Å². The molecule has 1 aromatic rings. The highest BCUT2D eigenvalue weighted by molar-refractivity contribution is 5.92. The summed E-state index contributed by atoms with van der Waals surface area (Å²) in [5.74, 6) is -1.48. The van der Waals surface area contributed by atoms with Gasteiger partial charge in [0.25, 0.3) is 11.8 Å². The molecule has 2 saturated heterocycles. The van der Waals surface area contributed by atoms with Gasteiger partial charge in [0.15, 0.2) is 18.5 Å². The predicted molar refractivity (Wildman–Crippen MR) is 74.5 cm³/mol. The normalized spacial score (nSPS) is 26.5. The summed E-state index contributed by atoms with van der Waals surface area (Å²) in [6, 6.07) is 9.20. The van der Waals surface area contributed by atoms with Crippen LogP contribution in [0.15, 0.2) is 30.3 Å². The lowest BCUT2D eigenvalue weighted by atomic mass is 10.1. The lowest BCUT2D eigenvalue weighted by Gasteiger charge is -2.30. The van der Waals surface area contributed by atoms with Gasteiger partial charge in [-0.2, -0.15) is 13.2 Å². The molecule has 3 rings (SSSR count). The molecule has 0 saturated carbocycles. The number of benzene rings is 1. The van der Waals surface area contributed by atoms with Crippen molar-refractivity contribution >= 4 is 11.8 Å². The second-order valence-corrected chi connectivity index (χ2v) is 5.58. The molecular formula is C15H15F3N2O4. The lowest BCUT2D eigenvalue weighted by Crippen LogP contribution is -2.51. The Labute approximate surface area is 135 Å². The van der Waals surface area contributed by atoms with E-state index in [2.05, 4.69) is 0 Å². The first kappa shape index (κ1) is 16.7. The monoisotopic (exact) mass is 344 g/mol. The highest BCUT2D eigenvalue weighted by Gasteiger charge is 2.51. The molecule has 1 aromatic carbocycles. The Balaban J connectivity index is 1.64. The van der Waals surface area contributed by atoms with Gasteiger partial charge in [0, 0.05) is 6.54 Å². The summed E-state index contributed by atoms with van der Waals surface area (Å²) in [5.41, 5.74) is 0.894. The number of nitrogens with one attached hydrogen (secondary N) is 1. The maximum Gasteiger partial charge on any atom is 0.405 e. The van der Waals surface area contributed by atoms with Gasteiger partial charge in [0.2, 0.25) is 0 Å². The maximum absolute atomic E-state index is 12.4. The summed E-state index contributed by atoms with van der Waals surface area (Å²) >= 11 is 0. The van der Waals surface area contributed by atoms with Crippen LogP contribution < -0.4 is 5.32 Å². The summed E-state index contributed by atoms with van der Waals surface area (Å²) in [5, 5.41) is 1.72. The van der Waals surface area contributed by atoms with Gasteiger partial charge in [-0.25, -0.2) is 0 Å². The van der Waals surface area contributed by atoms with Crippen LogP contribution in [0, 0.1) is 0 Å². The standard InChI is InChI=1S/C15H15F3N2O4/c16-15(17,18)8-19-13(21)11-12-14(22)20(7-10(23-11)24-12)6-9-4-2-1-3-5-9/h1-5,10-12H,6-8H2,(H,19,21)/t10-,11-,12-/m1/s1. The van der Waals surface area contributed by atoms with Crippen LogP contribution in [0.2, 0.25) is 0 Å². The average molecular weight is 344 g/mol. The Morgan fingerprint density at radius 3 is 2.62 bits per heavy atom. The minimum atomic E-state index is -4.53. The SMILES string of the molecule is O=C(NCC(F)(F)F)[C@@H]1O[C@H]2CN(Cc3ccccc3)C(=O)[C@@H]1O2. The van der Waals surface area contributed by atoms with Crippen LogP contribution in [-0.2, 0) is 25.6 Å². The van der Waals surface area contributed by atoms with E-state index in [1.165, 1.54) is 4.90 Å². The predicted octanol–water partition coefficient (Wildman–Crippen LogP) is 0.817. The molecule has 0 aromatic heterocycles. The zero-order valence-corrected chi connectivity index (χ0v) is 12.5. The van der Waals surface area contributed by atoms with Crippen LogP contribution >= 0.6 is 0 Å². The molecule has 3 atom stereocenters. The molecule has 2 heterocycles. The molecule has 6 nitrogen and oxygen atoms in total. The fraction of sp³-hybridized carbons (Fsp3) is 0.467. The number of nitrogens with zero attached hydrogens (tertiary/aromatic N) is 1. The van der Waals surface area contributed by atoms with E-state index in [1.807, 2.05) is 30.3 Å². The summed E-state index contributed by atoms with van der Waals surface area (Å²) in [4.78, 5) is 25.8. The molecule has 2 aliphatic heterocycles. The van der Waals surface area contributed by atoms with Crippen molar-refractivity contribution in [3.8, 4) is 0 Å². The molecule has 0 spiro atoms. The number of carbonyl (C=O) groups is 2. The van der Waals surface area contributed by atoms with Gasteiger partial charge in [0.1, 0.15) is 6.54 Å². The molecule has 0 aliphatic carbocycles. The number of rotatable bonds is 4. The Bertz CT molecular complexity index is 623. The minimum absolute atomic E-state index is 0.118. The van der Waals surface area contributed by atoms with Crippen LogP contribution in [0.3, 0.4) is 0 Å². The maximum atomic E-state index is 12.4. The van der Waals surface area contributed by atoms with Crippen LogP contribution in [-0.4, -0.2) is 54.5 Å². The van der Waals surface area contributed by atoms with Gasteiger partial charge in [0.05, 0.1) is 6.54 Å². The van der Waals surface area contributed by atoms with Gasteiger partial charge in [-0.05, 0) is 5.56 Å². The molecule has 2 fully saturated rings. The fourth-order valence-electron chi connectivity index (χ4n) is 2.66. The second-order valence-electron chi connectivity index (χ2n) is 5.58. The molecule has 1 N–H and O–H groups in total. The number of hydrogen-bond donors (Lipinski definition) is 1. The van der Waals surface area contributed by atoms with Crippen molar-refractivity contribution in [1.82, 2.24) is 10.2 Å².